The Morgan fingerprint density at radius 2 is 2.07 bits per heavy atom. The van der Waals surface area contributed by atoms with E-state index in [2.05, 4.69) is 15.7 Å². The fourth-order valence-corrected chi connectivity index (χ4v) is 6.23. The number of urea groups is 1. The van der Waals surface area contributed by atoms with Crippen LogP contribution in [0, 0.1) is 6.92 Å². The monoisotopic (exact) mass is 433 g/mol. The van der Waals surface area contributed by atoms with Crippen LogP contribution in [-0.2, 0) is 28.4 Å². The molecular formula is C21H27N3O3S2. The maximum Gasteiger partial charge on any atom is 0.354 e. The van der Waals surface area contributed by atoms with Crippen molar-refractivity contribution in [2.75, 3.05) is 5.32 Å². The molecule has 156 valence electrons. The number of nitrogens with zero attached hydrogens (tertiary/aromatic N) is 1. The minimum Gasteiger partial charge on any atom is -0.386 e. The summed E-state index contributed by atoms with van der Waals surface area (Å²) in [6.45, 7) is 5.31. The number of nitrogens with two attached hydrogens (primary N) is 1. The minimum absolute atomic E-state index is 0.276. The van der Waals surface area contributed by atoms with Crippen LogP contribution in [0.1, 0.15) is 66.8 Å². The van der Waals surface area contributed by atoms with E-state index in [-0.39, 0.29) is 4.21 Å². The fraction of sp³-hybridized carbons (Fsp3) is 0.476. The zero-order valence-electron chi connectivity index (χ0n) is 16.9. The summed E-state index contributed by atoms with van der Waals surface area (Å²) in [6, 6.07) is 3.17. The Balaban J connectivity index is 1.65. The summed E-state index contributed by atoms with van der Waals surface area (Å²) >= 11 is 1.14. The first-order chi connectivity index (χ1) is 13.6. The van der Waals surface area contributed by atoms with Crippen molar-refractivity contribution < 1.29 is 14.1 Å². The van der Waals surface area contributed by atoms with Gasteiger partial charge in [0.2, 0.25) is 0 Å². The molecule has 0 radical (unpaired) electrons. The largest absolute Gasteiger partial charge is 0.386 e. The molecule has 1 aromatic carbocycles. The molecule has 0 bridgehead atoms. The summed E-state index contributed by atoms with van der Waals surface area (Å²) in [5.74, 6) is 0.582. The highest BCUT2D eigenvalue weighted by Crippen LogP contribution is 2.46. The summed E-state index contributed by atoms with van der Waals surface area (Å²) < 4.78 is 17.0. The second kappa shape index (κ2) is 7.19. The van der Waals surface area contributed by atoms with Gasteiger partial charge in [0, 0.05) is 5.69 Å². The Hall–Kier alpha value is -1.74. The lowest BCUT2D eigenvalue weighted by Crippen LogP contribution is -2.18. The van der Waals surface area contributed by atoms with E-state index in [1.54, 1.807) is 25.3 Å². The summed E-state index contributed by atoms with van der Waals surface area (Å²) in [6.07, 6.45) is 5.41. The van der Waals surface area contributed by atoms with E-state index >= 15 is 0 Å². The van der Waals surface area contributed by atoms with Gasteiger partial charge in [-0.2, -0.15) is 0 Å². The van der Waals surface area contributed by atoms with Crippen LogP contribution in [-0.4, -0.2) is 15.3 Å². The second-order valence-electron chi connectivity index (χ2n) is 8.53. The van der Waals surface area contributed by atoms with Gasteiger partial charge in [0.15, 0.2) is 9.92 Å². The summed E-state index contributed by atoms with van der Waals surface area (Å²) in [4.78, 5) is 12.7. The summed E-state index contributed by atoms with van der Waals surface area (Å²) in [7, 11) is -3.39. The Labute approximate surface area is 175 Å². The molecule has 0 saturated heterocycles. The first kappa shape index (κ1) is 20.5. The molecule has 4 N–H and O–H groups in total. The van der Waals surface area contributed by atoms with Crippen molar-refractivity contribution in [2.24, 2.45) is 9.50 Å². The van der Waals surface area contributed by atoms with Crippen LogP contribution in [0.15, 0.2) is 26.1 Å². The third-order valence-corrected chi connectivity index (χ3v) is 8.60. The van der Waals surface area contributed by atoms with Gasteiger partial charge in [-0.25, -0.2) is 14.1 Å². The number of amides is 2. The van der Waals surface area contributed by atoms with Gasteiger partial charge in [0.25, 0.3) is 0 Å². The molecule has 0 aliphatic heterocycles. The van der Waals surface area contributed by atoms with E-state index in [1.165, 1.54) is 29.5 Å². The highest BCUT2D eigenvalue weighted by atomic mass is 32.2. The van der Waals surface area contributed by atoms with Crippen molar-refractivity contribution in [2.45, 2.75) is 68.6 Å². The molecule has 2 amide bonds. The Kier molecular flexibility index (Phi) is 5.09. The molecule has 0 spiro atoms. The van der Waals surface area contributed by atoms with Crippen LogP contribution in [0.2, 0.25) is 0 Å². The highest BCUT2D eigenvalue weighted by molar-refractivity contribution is 7.93. The van der Waals surface area contributed by atoms with Crippen LogP contribution in [0.4, 0.5) is 10.5 Å². The predicted octanol–water partition coefficient (Wildman–Crippen LogP) is 4.58. The number of carbonyl (C=O) groups is 1. The van der Waals surface area contributed by atoms with E-state index in [0.29, 0.717) is 11.5 Å². The van der Waals surface area contributed by atoms with Gasteiger partial charge >= 0.3 is 6.03 Å². The summed E-state index contributed by atoms with van der Waals surface area (Å²) in [5, 5.41) is 20.6. The maximum absolute atomic E-state index is 12.9. The van der Waals surface area contributed by atoms with Crippen molar-refractivity contribution in [3.8, 4) is 0 Å². The standard InChI is InChI=1S/C21H27N3O3S2/c1-12-17(13-7-8-13)9-14-5-4-6-16(14)19(12)23-20(25)24-29(22,27)18-10-15(11-28-18)21(2,3)26/h9-11,13,26H,4-8H2,1-3H3,(H3,22,23,24,25,27). The first-order valence-corrected chi connectivity index (χ1v) is 12.3. The van der Waals surface area contributed by atoms with Crippen molar-refractivity contribution in [3.63, 3.8) is 0 Å². The molecule has 2 aliphatic carbocycles. The molecule has 1 heterocycles. The average molecular weight is 434 g/mol. The third-order valence-electron chi connectivity index (χ3n) is 5.74. The number of benzene rings is 1. The van der Waals surface area contributed by atoms with E-state index in [4.69, 9.17) is 5.14 Å². The lowest BCUT2D eigenvalue weighted by Gasteiger charge is -2.17. The smallest absolute Gasteiger partial charge is 0.354 e. The highest BCUT2D eigenvalue weighted by Gasteiger charge is 2.30. The maximum atomic E-state index is 12.9. The Morgan fingerprint density at radius 3 is 2.69 bits per heavy atom. The number of anilines is 1. The topological polar surface area (TPSA) is 105 Å². The van der Waals surface area contributed by atoms with Gasteiger partial charge in [0.05, 0.1) is 5.60 Å². The van der Waals surface area contributed by atoms with Crippen LogP contribution in [0.5, 0.6) is 0 Å². The Bertz CT molecular complexity index is 1100. The molecule has 4 rings (SSSR count). The number of aliphatic hydroxyl groups is 1. The summed E-state index contributed by atoms with van der Waals surface area (Å²) in [5.41, 5.74) is 5.19. The second-order valence-corrected chi connectivity index (χ2v) is 11.5. The lowest BCUT2D eigenvalue weighted by atomic mass is 9.95. The van der Waals surface area contributed by atoms with Gasteiger partial charge in [-0.1, -0.05) is 6.07 Å². The van der Waals surface area contributed by atoms with E-state index < -0.39 is 21.5 Å². The molecule has 1 unspecified atom stereocenters. The molecular weight excluding hydrogens is 406 g/mol. The predicted molar refractivity (Wildman–Crippen MR) is 117 cm³/mol. The quantitative estimate of drug-likeness (QED) is 0.657. The van der Waals surface area contributed by atoms with Gasteiger partial charge in [0.1, 0.15) is 4.21 Å². The van der Waals surface area contributed by atoms with Crippen molar-refractivity contribution in [3.05, 3.63) is 45.3 Å². The number of hydrogen-bond acceptors (Lipinski definition) is 4. The third kappa shape index (κ3) is 4.12. The minimum atomic E-state index is -3.39. The normalized spacial score (nSPS) is 18.2. The Morgan fingerprint density at radius 1 is 1.34 bits per heavy atom. The van der Waals surface area contributed by atoms with Crippen molar-refractivity contribution in [1.29, 1.82) is 0 Å². The van der Waals surface area contributed by atoms with Gasteiger partial charge in [-0.3, -0.25) is 0 Å². The average Bonchev–Trinajstić information content (AvgIpc) is 3.13. The van der Waals surface area contributed by atoms with Gasteiger partial charge in [-0.05, 0) is 98.1 Å². The van der Waals surface area contributed by atoms with Crippen LogP contribution in [0.3, 0.4) is 0 Å². The SMILES string of the molecule is Cc1c(C2CC2)cc2c(c1NC(=O)N=S(N)(=O)c1cc(C(C)(C)O)cs1)CCC2. The van der Waals surface area contributed by atoms with Gasteiger partial charge < -0.3 is 10.4 Å². The number of fused-ring (bicyclic) bond motifs is 1. The number of rotatable bonds is 4. The van der Waals surface area contributed by atoms with Gasteiger partial charge in [-0.15, -0.1) is 15.7 Å². The van der Waals surface area contributed by atoms with Crippen LogP contribution < -0.4 is 10.5 Å². The van der Waals surface area contributed by atoms with E-state index in [9.17, 15) is 14.1 Å². The van der Waals surface area contributed by atoms with Crippen LogP contribution >= 0.6 is 11.3 Å². The lowest BCUT2D eigenvalue weighted by molar-refractivity contribution is 0.0789. The van der Waals surface area contributed by atoms with Crippen LogP contribution in [0.25, 0.3) is 0 Å². The zero-order valence-corrected chi connectivity index (χ0v) is 18.6. The number of thiophene rings is 1. The molecule has 29 heavy (non-hydrogen) atoms. The molecule has 1 aromatic heterocycles. The molecule has 6 nitrogen and oxygen atoms in total. The molecule has 2 aliphatic rings. The number of hydrogen-bond donors (Lipinski definition) is 3. The van der Waals surface area contributed by atoms with E-state index in [1.807, 2.05) is 6.92 Å². The first-order valence-electron chi connectivity index (χ1n) is 9.89. The molecule has 1 atom stereocenters. The number of carbonyl (C=O) groups excluding carboxylic acids is 1. The van der Waals surface area contributed by atoms with E-state index in [0.717, 1.165) is 41.9 Å². The zero-order chi connectivity index (χ0) is 21.0. The molecule has 1 fully saturated rings. The van der Waals surface area contributed by atoms with Crippen molar-refractivity contribution in [1.82, 2.24) is 0 Å². The molecule has 2 aromatic rings. The van der Waals surface area contributed by atoms with Crippen molar-refractivity contribution >= 4 is 33.0 Å². The fourth-order valence-electron chi connectivity index (χ4n) is 3.95. The molecule has 8 heteroatoms. The number of nitrogens with one attached hydrogen (secondary N) is 1. The number of aryl methyl sites for hydroxylation is 1. The molecule has 1 saturated carbocycles.